The second kappa shape index (κ2) is 10.5. The Hall–Kier alpha value is -1.11. The summed E-state index contributed by atoms with van der Waals surface area (Å²) in [5.74, 6) is 1.20. The van der Waals surface area contributed by atoms with E-state index < -0.39 is 5.97 Å². The Kier molecular flexibility index (Phi) is 7.57. The predicted molar refractivity (Wildman–Crippen MR) is 129 cm³/mol. The molecule has 0 aromatic heterocycles. The van der Waals surface area contributed by atoms with Gasteiger partial charge >= 0.3 is 5.97 Å². The van der Waals surface area contributed by atoms with Crippen molar-refractivity contribution in [3.05, 3.63) is 11.3 Å². The second-order valence-corrected chi connectivity index (χ2v) is 12.0. The Balaban J connectivity index is 1.19. The molecule has 6 rings (SSSR count). The van der Waals surface area contributed by atoms with Crippen LogP contribution < -0.4 is 0 Å². The van der Waals surface area contributed by atoms with E-state index in [2.05, 4.69) is 0 Å². The fraction of sp³-hybridized carbons (Fsp3) is 0.893. The maximum absolute atomic E-state index is 12.1. The Morgan fingerprint density at radius 1 is 0.882 bits per heavy atom. The van der Waals surface area contributed by atoms with Crippen LogP contribution in [-0.4, -0.2) is 55.3 Å². The van der Waals surface area contributed by atoms with E-state index in [1.165, 1.54) is 25.7 Å². The first-order valence-corrected chi connectivity index (χ1v) is 13.9. The lowest BCUT2D eigenvalue weighted by Gasteiger charge is -2.62. The van der Waals surface area contributed by atoms with E-state index in [-0.39, 0.29) is 11.0 Å². The van der Waals surface area contributed by atoms with Crippen molar-refractivity contribution in [3.8, 4) is 0 Å². The maximum Gasteiger partial charge on any atom is 0.334 e. The number of carbonyl (C=O) groups is 1. The number of hydrogen-bond donors (Lipinski definition) is 1. The summed E-state index contributed by atoms with van der Waals surface area (Å²) in [4.78, 5) is 12.1. The minimum absolute atomic E-state index is 0.0820. The number of epoxide rings is 2. The summed E-state index contributed by atoms with van der Waals surface area (Å²) in [6.07, 6.45) is 16.7. The molecule has 0 aromatic rings. The van der Waals surface area contributed by atoms with Crippen molar-refractivity contribution >= 4 is 5.97 Å². The molecule has 34 heavy (non-hydrogen) atoms. The van der Waals surface area contributed by atoms with Gasteiger partial charge in [-0.1, -0.05) is 19.3 Å². The van der Waals surface area contributed by atoms with Gasteiger partial charge < -0.3 is 24.1 Å². The zero-order valence-corrected chi connectivity index (χ0v) is 21.0. The summed E-state index contributed by atoms with van der Waals surface area (Å²) in [5.41, 5.74) is 0.171. The van der Waals surface area contributed by atoms with Gasteiger partial charge in [-0.3, -0.25) is 0 Å². The van der Waals surface area contributed by atoms with Gasteiger partial charge in [0.2, 0.25) is 0 Å². The molecule has 4 aliphatic carbocycles. The van der Waals surface area contributed by atoms with Crippen LogP contribution in [0.1, 0.15) is 96.8 Å². The van der Waals surface area contributed by atoms with Crippen molar-refractivity contribution in [1.82, 2.24) is 0 Å². The molecule has 0 aromatic carbocycles. The minimum atomic E-state index is -0.841. The number of hydrogen-bond acceptors (Lipinski definition) is 5. The fourth-order valence-corrected chi connectivity index (χ4v) is 7.60. The molecule has 1 N–H and O–H groups in total. The maximum atomic E-state index is 12.1. The molecule has 4 bridgehead atoms. The van der Waals surface area contributed by atoms with Gasteiger partial charge in [0, 0.05) is 12.0 Å². The number of carboxylic acids is 1. The molecule has 192 valence electrons. The van der Waals surface area contributed by atoms with Crippen LogP contribution >= 0.6 is 0 Å². The van der Waals surface area contributed by atoms with Gasteiger partial charge in [-0.2, -0.15) is 0 Å². The van der Waals surface area contributed by atoms with Gasteiger partial charge in [0.25, 0.3) is 0 Å². The summed E-state index contributed by atoms with van der Waals surface area (Å²) in [6.45, 7) is 5.06. The molecule has 2 heterocycles. The first kappa shape index (κ1) is 24.6. The van der Waals surface area contributed by atoms with Crippen LogP contribution in [0.3, 0.4) is 0 Å². The van der Waals surface area contributed by atoms with Crippen LogP contribution in [0, 0.1) is 17.3 Å². The molecule has 0 spiro atoms. The summed E-state index contributed by atoms with van der Waals surface area (Å²) in [7, 11) is 0. The number of aliphatic carboxylic acids is 1. The van der Waals surface area contributed by atoms with Crippen LogP contribution in [0.5, 0.6) is 0 Å². The molecule has 6 fully saturated rings. The lowest BCUT2D eigenvalue weighted by molar-refractivity contribution is -0.193. The number of unbranched alkanes of at least 4 members (excludes halogenated alkanes) is 4. The van der Waals surface area contributed by atoms with Gasteiger partial charge in [-0.25, -0.2) is 4.79 Å². The van der Waals surface area contributed by atoms with Gasteiger partial charge in [0.1, 0.15) is 5.76 Å². The van der Waals surface area contributed by atoms with Crippen LogP contribution in [-0.2, 0) is 23.7 Å². The van der Waals surface area contributed by atoms with Crippen molar-refractivity contribution < 1.29 is 28.8 Å². The van der Waals surface area contributed by atoms with Gasteiger partial charge in [0.05, 0.1) is 43.2 Å². The summed E-state index contributed by atoms with van der Waals surface area (Å²) < 4.78 is 23.7. The number of carboxylic acid groups (broad SMARTS) is 1. The van der Waals surface area contributed by atoms with Crippen molar-refractivity contribution in [2.45, 2.75) is 115 Å². The molecule has 2 saturated heterocycles. The molecule has 4 unspecified atom stereocenters. The lowest BCUT2D eigenvalue weighted by Crippen LogP contribution is -2.57. The van der Waals surface area contributed by atoms with Crippen LogP contribution in [0.15, 0.2) is 11.3 Å². The summed E-state index contributed by atoms with van der Waals surface area (Å²) in [5, 5.41) is 9.90. The summed E-state index contributed by atoms with van der Waals surface area (Å²) >= 11 is 0. The van der Waals surface area contributed by atoms with Crippen LogP contribution in [0.25, 0.3) is 0 Å². The number of ether oxygens (including phenoxy) is 4. The smallest absolute Gasteiger partial charge is 0.334 e. The van der Waals surface area contributed by atoms with Gasteiger partial charge in [0.15, 0.2) is 0 Å². The third kappa shape index (κ3) is 5.99. The molecule has 6 heteroatoms. The Bertz CT molecular complexity index is 738. The average Bonchev–Trinajstić information content (AvgIpc) is 3.70. The topological polar surface area (TPSA) is 80.8 Å². The Morgan fingerprint density at radius 3 is 2.03 bits per heavy atom. The lowest BCUT2D eigenvalue weighted by atomic mass is 9.47. The van der Waals surface area contributed by atoms with Crippen molar-refractivity contribution in [2.24, 2.45) is 17.3 Å². The van der Waals surface area contributed by atoms with Gasteiger partial charge in [-0.05, 0) is 89.4 Å². The summed E-state index contributed by atoms with van der Waals surface area (Å²) in [6, 6.07) is 0. The van der Waals surface area contributed by atoms with Crippen molar-refractivity contribution in [1.29, 1.82) is 0 Å². The number of rotatable bonds is 16. The monoisotopic (exact) mass is 476 g/mol. The first-order valence-electron chi connectivity index (χ1n) is 13.9. The van der Waals surface area contributed by atoms with E-state index >= 15 is 0 Å². The number of allylic oxidation sites excluding steroid dienone is 1. The van der Waals surface area contributed by atoms with Gasteiger partial charge in [-0.15, -0.1) is 0 Å². The van der Waals surface area contributed by atoms with Crippen molar-refractivity contribution in [2.75, 3.05) is 26.4 Å². The molecule has 0 amide bonds. The molecule has 0 radical (unpaired) electrons. The van der Waals surface area contributed by atoms with E-state index in [1.54, 1.807) is 6.92 Å². The van der Waals surface area contributed by atoms with E-state index in [4.69, 9.17) is 18.9 Å². The van der Waals surface area contributed by atoms with Crippen molar-refractivity contribution in [3.63, 3.8) is 0 Å². The van der Waals surface area contributed by atoms with E-state index in [0.29, 0.717) is 36.2 Å². The molecule has 4 atom stereocenters. The fourth-order valence-electron chi connectivity index (χ4n) is 7.60. The van der Waals surface area contributed by atoms with E-state index in [1.807, 2.05) is 0 Å². The quantitative estimate of drug-likeness (QED) is 0.134. The normalized spacial score (nSPS) is 38.0. The van der Waals surface area contributed by atoms with Crippen LogP contribution in [0.4, 0.5) is 0 Å². The zero-order chi connectivity index (χ0) is 23.6. The highest BCUT2D eigenvalue weighted by Gasteiger charge is 2.60. The molecule has 6 nitrogen and oxygen atoms in total. The largest absolute Gasteiger partial charge is 0.497 e. The second-order valence-electron chi connectivity index (χ2n) is 12.0. The Morgan fingerprint density at radius 2 is 1.47 bits per heavy atom. The average molecular weight is 477 g/mol. The predicted octanol–water partition coefficient (Wildman–Crippen LogP) is 5.64. The molecule has 2 aliphatic heterocycles. The Labute approximate surface area is 204 Å². The van der Waals surface area contributed by atoms with Crippen LogP contribution in [0.2, 0.25) is 0 Å². The third-order valence-corrected chi connectivity index (χ3v) is 8.95. The molecule has 4 saturated carbocycles. The third-order valence-electron chi connectivity index (χ3n) is 8.95. The highest BCUT2D eigenvalue weighted by atomic mass is 16.6. The molecule has 6 aliphatic rings. The minimum Gasteiger partial charge on any atom is -0.497 e. The molecular formula is C28H44O6. The standard InChI is InChI=1S/C28H44O6/c1-20(26(29)30)25(31-10-6-2-4-8-23-17-32-23)27-13-21-12-22(14-27)16-28(15-21,19-27)34-11-7-3-5-9-24-18-33-24/h21-24H,2-19H2,1H3,(H,29,30). The molecular weight excluding hydrogens is 432 g/mol. The first-order chi connectivity index (χ1) is 16.5. The SMILES string of the molecule is CC(C(=O)O)=C(OCCCCCC1CO1)C12CC3CC(CC(OCCCCCC4CO4)(C3)C1)C2. The highest BCUT2D eigenvalue weighted by molar-refractivity contribution is 5.86. The van der Waals surface area contributed by atoms with E-state index in [0.717, 1.165) is 89.8 Å². The highest BCUT2D eigenvalue weighted by Crippen LogP contribution is 2.65. The zero-order valence-electron chi connectivity index (χ0n) is 21.0. The van der Waals surface area contributed by atoms with E-state index in [9.17, 15) is 9.90 Å².